The molecule has 4 nitrogen and oxygen atoms in total. The first-order valence-corrected chi connectivity index (χ1v) is 8.31. The zero-order valence-corrected chi connectivity index (χ0v) is 12.0. The van der Waals surface area contributed by atoms with Crippen molar-refractivity contribution in [1.82, 2.24) is 10.0 Å². The molecule has 0 aliphatic heterocycles. The Labute approximate surface area is 106 Å². The summed E-state index contributed by atoms with van der Waals surface area (Å²) in [4.78, 5) is 0. The first-order chi connectivity index (χ1) is 7.93. The highest BCUT2D eigenvalue weighted by atomic mass is 32.2. The van der Waals surface area contributed by atoms with Crippen LogP contribution >= 0.6 is 0 Å². The summed E-state index contributed by atoms with van der Waals surface area (Å²) in [5.41, 5.74) is 0. The SMILES string of the molecule is CCC(C)CC(C)NS(=O)(=O)CCNC1CC1. The Kier molecular flexibility index (Phi) is 5.89. The van der Waals surface area contributed by atoms with Crippen molar-refractivity contribution >= 4 is 10.0 Å². The van der Waals surface area contributed by atoms with Crippen molar-refractivity contribution in [1.29, 1.82) is 0 Å². The maximum absolute atomic E-state index is 11.8. The fourth-order valence-electron chi connectivity index (χ4n) is 1.87. The van der Waals surface area contributed by atoms with Gasteiger partial charge < -0.3 is 5.32 Å². The van der Waals surface area contributed by atoms with Gasteiger partial charge in [0.2, 0.25) is 10.0 Å². The topological polar surface area (TPSA) is 58.2 Å². The second-order valence-electron chi connectivity index (χ2n) is 5.32. The van der Waals surface area contributed by atoms with Crippen molar-refractivity contribution in [3.05, 3.63) is 0 Å². The van der Waals surface area contributed by atoms with E-state index in [0.717, 1.165) is 12.8 Å². The van der Waals surface area contributed by atoms with Gasteiger partial charge in [0.15, 0.2) is 0 Å². The molecule has 1 rings (SSSR count). The summed E-state index contributed by atoms with van der Waals surface area (Å²) in [6, 6.07) is 0.610. The minimum Gasteiger partial charge on any atom is -0.313 e. The van der Waals surface area contributed by atoms with Crippen LogP contribution < -0.4 is 10.0 Å². The Morgan fingerprint density at radius 1 is 1.29 bits per heavy atom. The van der Waals surface area contributed by atoms with Crippen LogP contribution in [0.5, 0.6) is 0 Å². The monoisotopic (exact) mass is 262 g/mol. The van der Waals surface area contributed by atoms with Crippen LogP contribution in [0.15, 0.2) is 0 Å². The third kappa shape index (κ3) is 7.01. The average molecular weight is 262 g/mol. The quantitative estimate of drug-likeness (QED) is 0.662. The number of hydrogen-bond acceptors (Lipinski definition) is 3. The molecule has 102 valence electrons. The minimum atomic E-state index is -3.12. The molecule has 0 bridgehead atoms. The van der Waals surface area contributed by atoms with E-state index in [0.29, 0.717) is 18.5 Å². The summed E-state index contributed by atoms with van der Waals surface area (Å²) in [5.74, 6) is 0.756. The molecule has 1 aliphatic carbocycles. The van der Waals surface area contributed by atoms with E-state index < -0.39 is 10.0 Å². The Morgan fingerprint density at radius 3 is 2.47 bits per heavy atom. The third-order valence-corrected chi connectivity index (χ3v) is 4.72. The third-order valence-electron chi connectivity index (χ3n) is 3.21. The standard InChI is InChI=1S/C12H26N2O2S/c1-4-10(2)9-11(3)14-17(15,16)8-7-13-12-5-6-12/h10-14H,4-9H2,1-3H3. The maximum Gasteiger partial charge on any atom is 0.213 e. The van der Waals surface area contributed by atoms with Crippen LogP contribution in [0.2, 0.25) is 0 Å². The summed E-state index contributed by atoms with van der Waals surface area (Å²) in [6.07, 6.45) is 4.39. The van der Waals surface area contributed by atoms with Crippen LogP contribution in [0.25, 0.3) is 0 Å². The van der Waals surface area contributed by atoms with Crippen LogP contribution in [0.3, 0.4) is 0 Å². The number of sulfonamides is 1. The molecule has 2 unspecified atom stereocenters. The molecule has 1 saturated carbocycles. The predicted octanol–water partition coefficient (Wildman–Crippen LogP) is 1.48. The molecule has 1 fully saturated rings. The van der Waals surface area contributed by atoms with Gasteiger partial charge in [-0.1, -0.05) is 20.3 Å². The zero-order chi connectivity index (χ0) is 12.9. The molecule has 0 spiro atoms. The molecule has 5 heteroatoms. The highest BCUT2D eigenvalue weighted by Gasteiger charge is 2.21. The van der Waals surface area contributed by atoms with Gasteiger partial charge in [-0.2, -0.15) is 0 Å². The van der Waals surface area contributed by atoms with E-state index in [9.17, 15) is 8.42 Å². The Hall–Kier alpha value is -0.130. The Bertz CT molecular complexity index is 312. The molecule has 0 aromatic carbocycles. The first-order valence-electron chi connectivity index (χ1n) is 6.66. The summed E-state index contributed by atoms with van der Waals surface area (Å²) in [7, 11) is -3.12. The number of nitrogens with one attached hydrogen (secondary N) is 2. The predicted molar refractivity (Wildman–Crippen MR) is 71.5 cm³/mol. The van der Waals surface area contributed by atoms with Crippen LogP contribution in [0.1, 0.15) is 46.5 Å². The van der Waals surface area contributed by atoms with E-state index >= 15 is 0 Å². The van der Waals surface area contributed by atoms with Gasteiger partial charge in [0.05, 0.1) is 5.75 Å². The maximum atomic E-state index is 11.8. The molecule has 2 N–H and O–H groups in total. The highest BCUT2D eigenvalue weighted by Crippen LogP contribution is 2.18. The second kappa shape index (κ2) is 6.71. The van der Waals surface area contributed by atoms with Crippen molar-refractivity contribution in [3.8, 4) is 0 Å². The van der Waals surface area contributed by atoms with Gasteiger partial charge in [0.25, 0.3) is 0 Å². The smallest absolute Gasteiger partial charge is 0.213 e. The van der Waals surface area contributed by atoms with Gasteiger partial charge in [-0.25, -0.2) is 13.1 Å². The van der Waals surface area contributed by atoms with Gasteiger partial charge in [-0.05, 0) is 32.1 Å². The Morgan fingerprint density at radius 2 is 1.94 bits per heavy atom. The van der Waals surface area contributed by atoms with E-state index in [1.54, 1.807) is 0 Å². The lowest BCUT2D eigenvalue weighted by Gasteiger charge is -2.17. The molecule has 0 radical (unpaired) electrons. The summed E-state index contributed by atoms with van der Waals surface area (Å²) in [5, 5.41) is 3.22. The van der Waals surface area contributed by atoms with Crippen LogP contribution in [-0.2, 0) is 10.0 Å². The van der Waals surface area contributed by atoms with Crippen LogP contribution in [-0.4, -0.2) is 32.8 Å². The molecule has 0 heterocycles. The lowest BCUT2D eigenvalue weighted by atomic mass is 10.0. The van der Waals surface area contributed by atoms with E-state index in [2.05, 4.69) is 23.9 Å². The van der Waals surface area contributed by atoms with E-state index in [1.807, 2.05) is 6.92 Å². The largest absolute Gasteiger partial charge is 0.313 e. The molecule has 0 aromatic heterocycles. The molecule has 0 aromatic rings. The fourth-order valence-corrected chi connectivity index (χ4v) is 3.08. The van der Waals surface area contributed by atoms with Crippen molar-refractivity contribution in [2.75, 3.05) is 12.3 Å². The molecule has 0 amide bonds. The highest BCUT2D eigenvalue weighted by molar-refractivity contribution is 7.89. The molecular weight excluding hydrogens is 236 g/mol. The van der Waals surface area contributed by atoms with Crippen molar-refractivity contribution < 1.29 is 8.42 Å². The second-order valence-corrected chi connectivity index (χ2v) is 7.19. The number of rotatable bonds is 9. The minimum absolute atomic E-state index is 0.0378. The normalized spacial score (nSPS) is 20.2. The van der Waals surface area contributed by atoms with E-state index in [1.165, 1.54) is 12.8 Å². The van der Waals surface area contributed by atoms with E-state index in [4.69, 9.17) is 0 Å². The lowest BCUT2D eigenvalue weighted by molar-refractivity contribution is 0.445. The van der Waals surface area contributed by atoms with Gasteiger partial charge in [0.1, 0.15) is 0 Å². The van der Waals surface area contributed by atoms with Gasteiger partial charge in [0, 0.05) is 18.6 Å². The molecule has 17 heavy (non-hydrogen) atoms. The average Bonchev–Trinajstić information content (AvgIpc) is 3.00. The Balaban J connectivity index is 2.21. The molecule has 0 saturated heterocycles. The lowest BCUT2D eigenvalue weighted by Crippen LogP contribution is -2.38. The summed E-state index contributed by atoms with van der Waals surface area (Å²) < 4.78 is 26.3. The first kappa shape index (κ1) is 14.9. The fraction of sp³-hybridized carbons (Fsp3) is 1.00. The van der Waals surface area contributed by atoms with Crippen molar-refractivity contribution in [3.63, 3.8) is 0 Å². The van der Waals surface area contributed by atoms with Gasteiger partial charge in [-0.3, -0.25) is 0 Å². The summed E-state index contributed by atoms with van der Waals surface area (Å²) >= 11 is 0. The number of hydrogen-bond donors (Lipinski definition) is 2. The molecule has 2 atom stereocenters. The zero-order valence-electron chi connectivity index (χ0n) is 11.2. The van der Waals surface area contributed by atoms with Crippen LogP contribution in [0.4, 0.5) is 0 Å². The molecule has 1 aliphatic rings. The molecular formula is C12H26N2O2S. The van der Waals surface area contributed by atoms with Crippen molar-refractivity contribution in [2.45, 2.75) is 58.5 Å². The van der Waals surface area contributed by atoms with E-state index in [-0.39, 0.29) is 11.8 Å². The van der Waals surface area contributed by atoms with Crippen molar-refractivity contribution in [2.24, 2.45) is 5.92 Å². The van der Waals surface area contributed by atoms with Crippen LogP contribution in [0, 0.1) is 5.92 Å². The van der Waals surface area contributed by atoms with Gasteiger partial charge in [-0.15, -0.1) is 0 Å². The summed E-state index contributed by atoms with van der Waals surface area (Å²) in [6.45, 7) is 6.79. The van der Waals surface area contributed by atoms with Gasteiger partial charge >= 0.3 is 0 Å².